The quantitative estimate of drug-likeness (QED) is 0.847. The van der Waals surface area contributed by atoms with Crippen molar-refractivity contribution < 1.29 is 14.0 Å². The van der Waals surface area contributed by atoms with E-state index in [1.807, 2.05) is 32.0 Å². The van der Waals surface area contributed by atoms with Crippen molar-refractivity contribution in [2.24, 2.45) is 0 Å². The van der Waals surface area contributed by atoms with Crippen molar-refractivity contribution in [1.82, 2.24) is 4.90 Å². The molecule has 1 atom stereocenters. The molecular formula is C21H23FN2O2S. The number of hydrogen-bond acceptors (Lipinski definition) is 3. The van der Waals surface area contributed by atoms with Crippen LogP contribution in [-0.4, -0.2) is 34.4 Å². The van der Waals surface area contributed by atoms with Crippen LogP contribution in [-0.2, 0) is 16.0 Å². The number of anilines is 1. The molecule has 0 aromatic heterocycles. The summed E-state index contributed by atoms with van der Waals surface area (Å²) in [5, 5.41) is 2.91. The molecule has 2 amide bonds. The Balaban J connectivity index is 1.61. The minimum atomic E-state index is -0.496. The van der Waals surface area contributed by atoms with Crippen LogP contribution >= 0.6 is 11.8 Å². The van der Waals surface area contributed by atoms with E-state index in [0.29, 0.717) is 23.6 Å². The molecular weight excluding hydrogens is 363 g/mol. The van der Waals surface area contributed by atoms with Crippen molar-refractivity contribution in [1.29, 1.82) is 0 Å². The number of nitrogens with one attached hydrogen (secondary N) is 1. The van der Waals surface area contributed by atoms with E-state index >= 15 is 0 Å². The van der Waals surface area contributed by atoms with Gasteiger partial charge in [-0.05, 0) is 55.2 Å². The number of hydrogen-bond donors (Lipinski definition) is 1. The maximum atomic E-state index is 13.7. The van der Waals surface area contributed by atoms with Crippen LogP contribution in [0, 0.1) is 19.7 Å². The normalized spacial score (nSPS) is 16.4. The Hall–Kier alpha value is -2.34. The van der Waals surface area contributed by atoms with Crippen LogP contribution in [0.5, 0.6) is 0 Å². The zero-order chi connectivity index (χ0) is 19.4. The van der Waals surface area contributed by atoms with Crippen LogP contribution in [0.3, 0.4) is 0 Å². The predicted octanol–water partition coefficient (Wildman–Crippen LogP) is 3.92. The smallest absolute Gasteiger partial charge is 0.248 e. The average molecular weight is 386 g/mol. The molecule has 142 valence electrons. The molecule has 2 aromatic rings. The highest BCUT2D eigenvalue weighted by Crippen LogP contribution is 2.24. The zero-order valence-electron chi connectivity index (χ0n) is 15.5. The summed E-state index contributed by atoms with van der Waals surface area (Å²) in [6, 6.07) is 11.7. The molecule has 6 heteroatoms. The lowest BCUT2D eigenvalue weighted by molar-refractivity contribution is -0.136. The summed E-state index contributed by atoms with van der Waals surface area (Å²) in [6.45, 7) is 4.01. The van der Waals surface area contributed by atoms with E-state index in [-0.39, 0.29) is 24.1 Å². The van der Waals surface area contributed by atoms with Crippen LogP contribution in [0.1, 0.15) is 23.1 Å². The SMILES string of the molecule is Cc1ccc(NC(=O)C2CSCN2C(=O)CCc2ccccc2F)cc1C. The summed E-state index contributed by atoms with van der Waals surface area (Å²) in [6.07, 6.45) is 0.521. The Kier molecular flexibility index (Phi) is 6.16. The summed E-state index contributed by atoms with van der Waals surface area (Å²) in [5.74, 6) is 0.458. The van der Waals surface area contributed by atoms with Crippen LogP contribution in [0.25, 0.3) is 0 Å². The first-order valence-corrected chi connectivity index (χ1v) is 10.1. The van der Waals surface area contributed by atoms with Crippen LogP contribution in [0.15, 0.2) is 42.5 Å². The number of benzene rings is 2. The minimum absolute atomic E-state index is 0.122. The molecule has 1 aliphatic heterocycles. The van der Waals surface area contributed by atoms with Crippen molar-refractivity contribution >= 4 is 29.3 Å². The molecule has 0 spiro atoms. The molecule has 4 nitrogen and oxygen atoms in total. The largest absolute Gasteiger partial charge is 0.324 e. The van der Waals surface area contributed by atoms with Gasteiger partial charge in [-0.15, -0.1) is 11.8 Å². The Morgan fingerprint density at radius 3 is 2.70 bits per heavy atom. The Morgan fingerprint density at radius 2 is 1.96 bits per heavy atom. The van der Waals surface area contributed by atoms with Crippen molar-refractivity contribution in [2.75, 3.05) is 16.9 Å². The molecule has 27 heavy (non-hydrogen) atoms. The number of thioether (sulfide) groups is 1. The van der Waals surface area contributed by atoms with Gasteiger partial charge in [0.1, 0.15) is 11.9 Å². The number of carbonyl (C=O) groups excluding carboxylic acids is 2. The Bertz CT molecular complexity index is 856. The summed E-state index contributed by atoms with van der Waals surface area (Å²) in [4.78, 5) is 26.9. The maximum absolute atomic E-state index is 13.7. The van der Waals surface area contributed by atoms with Gasteiger partial charge in [-0.2, -0.15) is 0 Å². The molecule has 0 saturated carbocycles. The molecule has 2 aromatic carbocycles. The maximum Gasteiger partial charge on any atom is 0.248 e. The highest BCUT2D eigenvalue weighted by Gasteiger charge is 2.34. The average Bonchev–Trinajstić information content (AvgIpc) is 3.14. The topological polar surface area (TPSA) is 49.4 Å². The van der Waals surface area contributed by atoms with Crippen molar-refractivity contribution in [3.05, 3.63) is 65.0 Å². The van der Waals surface area contributed by atoms with Crippen molar-refractivity contribution in [3.8, 4) is 0 Å². The summed E-state index contributed by atoms with van der Waals surface area (Å²) < 4.78 is 13.7. The van der Waals surface area contributed by atoms with E-state index in [4.69, 9.17) is 0 Å². The van der Waals surface area contributed by atoms with Crippen LogP contribution in [0.4, 0.5) is 10.1 Å². The number of carbonyl (C=O) groups is 2. The highest BCUT2D eigenvalue weighted by molar-refractivity contribution is 7.99. The Morgan fingerprint density at radius 1 is 1.19 bits per heavy atom. The highest BCUT2D eigenvalue weighted by atomic mass is 32.2. The monoisotopic (exact) mass is 386 g/mol. The van der Waals surface area contributed by atoms with Crippen LogP contribution < -0.4 is 5.32 Å². The predicted molar refractivity (Wildman–Crippen MR) is 107 cm³/mol. The van der Waals surface area contributed by atoms with Gasteiger partial charge >= 0.3 is 0 Å². The third-order valence-electron chi connectivity index (χ3n) is 4.85. The molecule has 1 N–H and O–H groups in total. The molecule has 3 rings (SSSR count). The molecule has 1 aliphatic rings. The van der Waals surface area contributed by atoms with E-state index in [0.717, 1.165) is 16.8 Å². The van der Waals surface area contributed by atoms with Gasteiger partial charge in [-0.3, -0.25) is 9.59 Å². The first-order chi connectivity index (χ1) is 13.0. The first kappa shape index (κ1) is 19.4. The Labute approximate surface area is 163 Å². The van der Waals surface area contributed by atoms with Gasteiger partial charge in [0.2, 0.25) is 11.8 Å². The van der Waals surface area contributed by atoms with Crippen molar-refractivity contribution in [2.45, 2.75) is 32.7 Å². The van der Waals surface area contributed by atoms with E-state index in [2.05, 4.69) is 5.32 Å². The number of nitrogens with zero attached hydrogens (tertiary/aromatic N) is 1. The molecule has 0 bridgehead atoms. The second kappa shape index (κ2) is 8.57. The van der Waals surface area contributed by atoms with Gasteiger partial charge in [0.25, 0.3) is 0 Å². The first-order valence-electron chi connectivity index (χ1n) is 8.94. The van der Waals surface area contributed by atoms with Gasteiger partial charge < -0.3 is 10.2 Å². The van der Waals surface area contributed by atoms with E-state index in [1.54, 1.807) is 34.9 Å². The fourth-order valence-corrected chi connectivity index (χ4v) is 4.22. The van der Waals surface area contributed by atoms with E-state index < -0.39 is 6.04 Å². The van der Waals surface area contributed by atoms with Crippen LogP contribution in [0.2, 0.25) is 0 Å². The van der Waals surface area contributed by atoms with Gasteiger partial charge in [0, 0.05) is 17.9 Å². The lowest BCUT2D eigenvalue weighted by Gasteiger charge is -2.23. The summed E-state index contributed by atoms with van der Waals surface area (Å²) >= 11 is 1.56. The van der Waals surface area contributed by atoms with E-state index in [1.165, 1.54) is 6.07 Å². The number of aryl methyl sites for hydroxylation is 3. The van der Waals surface area contributed by atoms with Gasteiger partial charge in [0.05, 0.1) is 5.88 Å². The third kappa shape index (κ3) is 4.69. The van der Waals surface area contributed by atoms with Gasteiger partial charge in [0.15, 0.2) is 0 Å². The third-order valence-corrected chi connectivity index (χ3v) is 5.86. The fraction of sp³-hybridized carbons (Fsp3) is 0.333. The lowest BCUT2D eigenvalue weighted by atomic mass is 10.1. The number of halogens is 1. The summed E-state index contributed by atoms with van der Waals surface area (Å²) in [5.41, 5.74) is 3.52. The molecule has 1 heterocycles. The molecule has 1 saturated heterocycles. The standard InChI is InChI=1S/C21H23FN2O2S/c1-14-7-9-17(11-15(14)2)23-21(26)19-12-27-13-24(19)20(25)10-8-16-5-3-4-6-18(16)22/h3-7,9,11,19H,8,10,12-13H2,1-2H3,(H,23,26). The second-order valence-corrected chi connectivity index (χ2v) is 7.76. The second-order valence-electron chi connectivity index (χ2n) is 6.76. The molecule has 0 radical (unpaired) electrons. The molecule has 1 unspecified atom stereocenters. The molecule has 0 aliphatic carbocycles. The minimum Gasteiger partial charge on any atom is -0.324 e. The van der Waals surface area contributed by atoms with Gasteiger partial charge in [-0.25, -0.2) is 4.39 Å². The number of amides is 2. The van der Waals surface area contributed by atoms with Gasteiger partial charge in [-0.1, -0.05) is 24.3 Å². The molecule has 1 fully saturated rings. The summed E-state index contributed by atoms with van der Waals surface area (Å²) in [7, 11) is 0. The van der Waals surface area contributed by atoms with Crippen molar-refractivity contribution in [3.63, 3.8) is 0 Å². The fourth-order valence-electron chi connectivity index (χ4n) is 3.04. The number of rotatable bonds is 5. The lowest BCUT2D eigenvalue weighted by Crippen LogP contribution is -2.44. The zero-order valence-corrected chi connectivity index (χ0v) is 16.3. The van der Waals surface area contributed by atoms with E-state index in [9.17, 15) is 14.0 Å².